The molecule has 2 N–H and O–H groups in total. The van der Waals surface area contributed by atoms with Crippen LogP contribution < -0.4 is 0 Å². The Bertz CT molecular complexity index is 516. The summed E-state index contributed by atoms with van der Waals surface area (Å²) in [7, 11) is 0. The lowest BCUT2D eigenvalue weighted by atomic mass is 10.1. The number of hydrogen-bond donors (Lipinski definition) is 2. The van der Waals surface area contributed by atoms with Gasteiger partial charge in [-0.25, -0.2) is 4.79 Å². The van der Waals surface area contributed by atoms with Gasteiger partial charge in [-0.15, -0.1) is 0 Å². The van der Waals surface area contributed by atoms with Gasteiger partial charge in [-0.05, 0) is 19.1 Å². The average Bonchev–Trinajstić information content (AvgIpc) is 2.69. The fourth-order valence-electron chi connectivity index (χ4n) is 1.76. The molecule has 1 heterocycles. The molecule has 84 valence electrons. The molecule has 0 spiro atoms. The van der Waals surface area contributed by atoms with Crippen molar-refractivity contribution in [2.24, 2.45) is 0 Å². The lowest BCUT2D eigenvalue weighted by Crippen LogP contribution is -1.99. The molecule has 0 bridgehead atoms. The van der Waals surface area contributed by atoms with E-state index in [1.165, 1.54) is 0 Å². The lowest BCUT2D eigenvalue weighted by molar-refractivity contribution is 0.0699. The maximum absolute atomic E-state index is 11.1. The number of ether oxygens (including phenoxy) is 1. The molecule has 0 saturated heterocycles. The van der Waals surface area contributed by atoms with Crippen LogP contribution in [0.1, 0.15) is 22.8 Å². The molecule has 1 aromatic carbocycles. The minimum atomic E-state index is -0.914. The van der Waals surface area contributed by atoms with Crippen molar-refractivity contribution >= 4 is 16.9 Å². The van der Waals surface area contributed by atoms with Gasteiger partial charge >= 0.3 is 5.97 Å². The number of carboxylic acid groups (broad SMARTS) is 1. The first kappa shape index (κ1) is 10.7. The van der Waals surface area contributed by atoms with E-state index in [0.717, 1.165) is 16.5 Å². The van der Waals surface area contributed by atoms with Crippen LogP contribution >= 0.6 is 0 Å². The molecule has 0 atom stereocenters. The van der Waals surface area contributed by atoms with Crippen molar-refractivity contribution in [3.63, 3.8) is 0 Å². The van der Waals surface area contributed by atoms with E-state index in [1.807, 2.05) is 13.0 Å². The molecule has 0 fully saturated rings. The standard InChI is InChI=1S/C12H13NO3/c1-2-16-7-8-6-13-10-5-3-4-9(11(8)10)12(14)15/h3-6,13H,2,7H2,1H3,(H,14,15). The second-order valence-electron chi connectivity index (χ2n) is 3.48. The Balaban J connectivity index is 2.54. The number of fused-ring (bicyclic) bond motifs is 1. The smallest absolute Gasteiger partial charge is 0.336 e. The molecule has 2 rings (SSSR count). The van der Waals surface area contributed by atoms with Gasteiger partial charge in [0.2, 0.25) is 0 Å². The maximum Gasteiger partial charge on any atom is 0.336 e. The third-order valence-electron chi connectivity index (χ3n) is 2.48. The summed E-state index contributed by atoms with van der Waals surface area (Å²) in [5.74, 6) is -0.914. The van der Waals surface area contributed by atoms with Crippen LogP contribution in [-0.4, -0.2) is 22.7 Å². The molecule has 0 aliphatic rings. The van der Waals surface area contributed by atoms with Crippen LogP contribution in [0.4, 0.5) is 0 Å². The first-order chi connectivity index (χ1) is 7.74. The second-order valence-corrected chi connectivity index (χ2v) is 3.48. The van der Waals surface area contributed by atoms with Crippen LogP contribution in [-0.2, 0) is 11.3 Å². The number of carbonyl (C=O) groups is 1. The average molecular weight is 219 g/mol. The molecule has 4 heteroatoms. The zero-order chi connectivity index (χ0) is 11.5. The minimum absolute atomic E-state index is 0.313. The zero-order valence-corrected chi connectivity index (χ0v) is 8.99. The van der Waals surface area contributed by atoms with Crippen molar-refractivity contribution in [1.82, 2.24) is 4.98 Å². The maximum atomic E-state index is 11.1. The summed E-state index contributed by atoms with van der Waals surface area (Å²) in [5.41, 5.74) is 2.03. The summed E-state index contributed by atoms with van der Waals surface area (Å²) in [6, 6.07) is 5.19. The Morgan fingerprint density at radius 1 is 1.50 bits per heavy atom. The van der Waals surface area contributed by atoms with Crippen LogP contribution in [0.2, 0.25) is 0 Å². The van der Waals surface area contributed by atoms with Gasteiger partial charge in [-0.1, -0.05) is 6.07 Å². The topological polar surface area (TPSA) is 62.3 Å². The summed E-state index contributed by atoms with van der Waals surface area (Å²) < 4.78 is 5.31. The molecule has 4 nitrogen and oxygen atoms in total. The van der Waals surface area contributed by atoms with Gasteiger partial charge in [0.15, 0.2) is 0 Å². The van der Waals surface area contributed by atoms with Crippen molar-refractivity contribution in [2.75, 3.05) is 6.61 Å². The highest BCUT2D eigenvalue weighted by Gasteiger charge is 2.12. The highest BCUT2D eigenvalue weighted by Crippen LogP contribution is 2.23. The van der Waals surface area contributed by atoms with Crippen LogP contribution in [0, 0.1) is 0 Å². The Hall–Kier alpha value is -1.81. The Kier molecular flexibility index (Phi) is 2.92. The lowest BCUT2D eigenvalue weighted by Gasteiger charge is -2.02. The first-order valence-corrected chi connectivity index (χ1v) is 5.14. The van der Waals surface area contributed by atoms with Gasteiger partial charge < -0.3 is 14.8 Å². The van der Waals surface area contributed by atoms with E-state index in [4.69, 9.17) is 9.84 Å². The summed E-state index contributed by atoms with van der Waals surface area (Å²) in [5, 5.41) is 9.84. The van der Waals surface area contributed by atoms with Gasteiger partial charge in [0.25, 0.3) is 0 Å². The van der Waals surface area contributed by atoms with Crippen molar-refractivity contribution in [1.29, 1.82) is 0 Å². The predicted octanol–water partition coefficient (Wildman–Crippen LogP) is 2.40. The highest BCUT2D eigenvalue weighted by molar-refractivity contribution is 6.04. The monoisotopic (exact) mass is 219 g/mol. The number of nitrogens with one attached hydrogen (secondary N) is 1. The molecule has 2 aromatic rings. The second kappa shape index (κ2) is 4.37. The number of carboxylic acids is 1. The molecule has 16 heavy (non-hydrogen) atoms. The van der Waals surface area contributed by atoms with Gasteiger partial charge in [0.1, 0.15) is 0 Å². The number of aromatic amines is 1. The van der Waals surface area contributed by atoms with Crippen LogP contribution in [0.3, 0.4) is 0 Å². The quantitative estimate of drug-likeness (QED) is 0.830. The van der Waals surface area contributed by atoms with Gasteiger partial charge in [0, 0.05) is 29.3 Å². The number of hydrogen-bond acceptors (Lipinski definition) is 2. The fourth-order valence-corrected chi connectivity index (χ4v) is 1.76. The Morgan fingerprint density at radius 2 is 2.31 bits per heavy atom. The molecule has 0 unspecified atom stereocenters. The predicted molar refractivity (Wildman–Crippen MR) is 60.6 cm³/mol. The largest absolute Gasteiger partial charge is 0.478 e. The molecule has 0 saturated carbocycles. The molecule has 0 aliphatic heterocycles. The number of benzene rings is 1. The Labute approximate surface area is 92.9 Å². The van der Waals surface area contributed by atoms with E-state index in [-0.39, 0.29) is 0 Å². The fraction of sp³-hybridized carbons (Fsp3) is 0.250. The van der Waals surface area contributed by atoms with Crippen LogP contribution in [0.15, 0.2) is 24.4 Å². The molecule has 1 aromatic heterocycles. The van der Waals surface area contributed by atoms with E-state index in [1.54, 1.807) is 18.3 Å². The summed E-state index contributed by atoms with van der Waals surface area (Å²) in [4.78, 5) is 14.1. The Morgan fingerprint density at radius 3 is 3.00 bits per heavy atom. The number of rotatable bonds is 4. The van der Waals surface area contributed by atoms with Crippen molar-refractivity contribution in [3.05, 3.63) is 35.5 Å². The van der Waals surface area contributed by atoms with Crippen LogP contribution in [0.5, 0.6) is 0 Å². The molecule has 0 aliphatic carbocycles. The van der Waals surface area contributed by atoms with Crippen LogP contribution in [0.25, 0.3) is 10.9 Å². The number of H-pyrrole nitrogens is 1. The normalized spacial score (nSPS) is 10.8. The number of aromatic carboxylic acids is 1. The van der Waals surface area contributed by atoms with E-state index in [9.17, 15) is 4.79 Å². The van der Waals surface area contributed by atoms with Gasteiger partial charge in [-0.2, -0.15) is 0 Å². The van der Waals surface area contributed by atoms with E-state index in [2.05, 4.69) is 4.98 Å². The van der Waals surface area contributed by atoms with E-state index in [0.29, 0.717) is 18.8 Å². The summed E-state index contributed by atoms with van der Waals surface area (Å²) >= 11 is 0. The molecule has 0 radical (unpaired) electrons. The van der Waals surface area contributed by atoms with Gasteiger partial charge in [-0.3, -0.25) is 0 Å². The first-order valence-electron chi connectivity index (χ1n) is 5.14. The SMILES string of the molecule is CCOCc1c[nH]c2cccc(C(=O)O)c12. The molecule has 0 amide bonds. The number of aromatic nitrogens is 1. The van der Waals surface area contributed by atoms with E-state index < -0.39 is 5.97 Å². The highest BCUT2D eigenvalue weighted by atomic mass is 16.5. The third-order valence-corrected chi connectivity index (χ3v) is 2.48. The van der Waals surface area contributed by atoms with Crippen molar-refractivity contribution in [2.45, 2.75) is 13.5 Å². The molecular formula is C12H13NO3. The third kappa shape index (κ3) is 1.79. The zero-order valence-electron chi connectivity index (χ0n) is 8.99. The van der Waals surface area contributed by atoms with Crippen molar-refractivity contribution in [3.8, 4) is 0 Å². The molecular weight excluding hydrogens is 206 g/mol. The van der Waals surface area contributed by atoms with Crippen molar-refractivity contribution < 1.29 is 14.6 Å². The van der Waals surface area contributed by atoms with E-state index >= 15 is 0 Å². The summed E-state index contributed by atoms with van der Waals surface area (Å²) in [6.45, 7) is 2.95. The minimum Gasteiger partial charge on any atom is -0.478 e. The van der Waals surface area contributed by atoms with Gasteiger partial charge in [0.05, 0.1) is 12.2 Å². The summed E-state index contributed by atoms with van der Waals surface area (Å²) in [6.07, 6.45) is 1.80.